The van der Waals surface area contributed by atoms with Crippen molar-refractivity contribution in [1.29, 1.82) is 0 Å². The molecule has 4 aliphatic carbocycles. The molecule has 0 radical (unpaired) electrons. The third-order valence-corrected chi connectivity index (χ3v) is 17.3. The Morgan fingerprint density at radius 2 is 1.76 bits per heavy atom. The quantitative estimate of drug-likeness (QED) is 0.263. The number of fused-ring (bicyclic) bond motifs is 3. The Balaban J connectivity index is 1.49. The highest BCUT2D eigenvalue weighted by molar-refractivity contribution is 7.89. The molecule has 5 N–H and O–H groups in total. The third kappa shape index (κ3) is 5.45. The molecular formula is C39H65N5O6S. The number of rotatable bonds is 8. The lowest BCUT2D eigenvalue weighted by atomic mass is 9.34. The standard InChI is InChI=1S/C39H65N5O6S/c1-23(2)24(3)34(7)16-17-36(9)25-12-13-28-35(8)19-49-21-39(28,26(25)14-15-37(36,10)29(34)31(45)46)18-27(44-32(42-22-43-44)51(41,47)48)30(35)50-20-38(11,40)33(4,5)6/h14,22-25,27-30H,12-13,15-21,40H2,1-11H3,(H,45,46)(H2,41,47,48)/t24-,25+,27-,28+,29-,30+,34-,35?,36-,37+,38+,39+/m1/s1. The van der Waals surface area contributed by atoms with Gasteiger partial charge in [0.15, 0.2) is 0 Å². The first-order valence-electron chi connectivity index (χ1n) is 19.2. The van der Waals surface area contributed by atoms with Crippen LogP contribution in [0.1, 0.15) is 121 Å². The smallest absolute Gasteiger partial charge is 0.307 e. The fraction of sp³-hybridized carbons (Fsp3) is 0.872. The van der Waals surface area contributed by atoms with Crippen molar-refractivity contribution >= 4 is 16.0 Å². The van der Waals surface area contributed by atoms with Crippen LogP contribution in [0.2, 0.25) is 0 Å². The zero-order valence-corrected chi connectivity index (χ0v) is 33.8. The van der Waals surface area contributed by atoms with E-state index in [-0.39, 0.29) is 45.8 Å². The van der Waals surface area contributed by atoms with Crippen molar-refractivity contribution in [3.05, 3.63) is 18.0 Å². The fourth-order valence-corrected chi connectivity index (χ4v) is 12.9. The molecule has 1 aliphatic heterocycles. The molecular weight excluding hydrogens is 667 g/mol. The van der Waals surface area contributed by atoms with Gasteiger partial charge in [0, 0.05) is 16.4 Å². The molecule has 12 atom stereocenters. The van der Waals surface area contributed by atoms with Gasteiger partial charge in [0.25, 0.3) is 15.2 Å². The number of ether oxygens (including phenoxy) is 2. The van der Waals surface area contributed by atoms with Crippen LogP contribution in [-0.4, -0.2) is 65.7 Å². The van der Waals surface area contributed by atoms with Gasteiger partial charge in [0.2, 0.25) is 0 Å². The summed E-state index contributed by atoms with van der Waals surface area (Å²) < 4.78 is 40.9. The summed E-state index contributed by atoms with van der Waals surface area (Å²) in [6, 6.07) is -0.504. The zero-order valence-electron chi connectivity index (χ0n) is 33.0. The van der Waals surface area contributed by atoms with E-state index >= 15 is 0 Å². The summed E-state index contributed by atoms with van der Waals surface area (Å²) in [5, 5.41) is 21.1. The summed E-state index contributed by atoms with van der Waals surface area (Å²) in [5.41, 5.74) is 5.35. The number of primary sulfonamides is 1. The molecule has 1 saturated heterocycles. The summed E-state index contributed by atoms with van der Waals surface area (Å²) in [6.45, 7) is 25.3. The maximum Gasteiger partial charge on any atom is 0.307 e. The number of nitrogens with two attached hydrogens (primary N) is 2. The largest absolute Gasteiger partial charge is 0.481 e. The van der Waals surface area contributed by atoms with Crippen LogP contribution in [0.5, 0.6) is 0 Å². The van der Waals surface area contributed by atoms with E-state index in [0.717, 1.165) is 25.7 Å². The number of hydrogen-bond acceptors (Lipinski definition) is 8. The van der Waals surface area contributed by atoms with Gasteiger partial charge in [-0.05, 0) is 90.8 Å². The van der Waals surface area contributed by atoms with Gasteiger partial charge in [0.1, 0.15) is 6.33 Å². The molecule has 1 unspecified atom stereocenters. The highest BCUT2D eigenvalue weighted by Gasteiger charge is 2.72. The molecule has 0 aromatic carbocycles. The zero-order chi connectivity index (χ0) is 38.0. The topological polar surface area (TPSA) is 173 Å². The SMILES string of the molecule is CC(C)[C@@H](C)[C@@]1(C)CC[C@]2(C)[C@H]3CC[C@H]4C5(C)COC[C@@]4(C[C@@H](n4ncnc4S(N)(=O)=O)[C@@H]5OC[C@](C)(N)C(C)(C)C)C3=CC[C@@]2(C)[C@@H]1C(=O)O. The Labute approximate surface area is 306 Å². The van der Waals surface area contributed by atoms with Crippen molar-refractivity contribution in [3.63, 3.8) is 0 Å². The Morgan fingerprint density at radius 3 is 2.35 bits per heavy atom. The summed E-state index contributed by atoms with van der Waals surface area (Å²) in [7, 11) is -4.19. The number of hydrogen-bond donors (Lipinski definition) is 3. The number of aliphatic carboxylic acids is 1. The van der Waals surface area contributed by atoms with Crippen LogP contribution in [0, 0.1) is 62.1 Å². The predicted octanol–water partition coefficient (Wildman–Crippen LogP) is 6.20. The number of carboxylic acids is 1. The molecule has 12 heteroatoms. The molecule has 5 aliphatic rings. The second-order valence-electron chi connectivity index (χ2n) is 20.0. The first-order valence-corrected chi connectivity index (χ1v) is 20.7. The average Bonchev–Trinajstić information content (AvgIpc) is 3.50. The molecule has 2 heterocycles. The van der Waals surface area contributed by atoms with Crippen LogP contribution in [-0.2, 0) is 24.3 Å². The molecule has 1 aromatic heterocycles. The Kier molecular flexibility index (Phi) is 9.20. The van der Waals surface area contributed by atoms with Crippen LogP contribution in [0.4, 0.5) is 0 Å². The van der Waals surface area contributed by atoms with E-state index < -0.39 is 55.8 Å². The molecule has 51 heavy (non-hydrogen) atoms. The summed E-state index contributed by atoms with van der Waals surface area (Å²) in [4.78, 5) is 17.6. The number of nitrogens with zero attached hydrogens (tertiary/aromatic N) is 3. The second-order valence-corrected chi connectivity index (χ2v) is 21.5. The molecule has 6 rings (SSSR count). The molecule has 0 spiro atoms. The van der Waals surface area contributed by atoms with Crippen molar-refractivity contribution in [2.45, 2.75) is 138 Å². The van der Waals surface area contributed by atoms with Gasteiger partial charge in [-0.2, -0.15) is 5.10 Å². The highest BCUT2D eigenvalue weighted by atomic mass is 32.2. The van der Waals surface area contributed by atoms with E-state index in [2.05, 4.69) is 85.4 Å². The molecule has 0 amide bonds. The minimum Gasteiger partial charge on any atom is -0.481 e. The van der Waals surface area contributed by atoms with Crippen LogP contribution < -0.4 is 10.9 Å². The van der Waals surface area contributed by atoms with Gasteiger partial charge in [0.05, 0.1) is 37.9 Å². The molecule has 3 saturated carbocycles. The maximum atomic E-state index is 13.5. The Hall–Kier alpha value is -1.86. The lowest BCUT2D eigenvalue weighted by Crippen LogP contribution is -2.69. The predicted molar refractivity (Wildman–Crippen MR) is 196 cm³/mol. The number of allylic oxidation sites excluding steroid dienone is 1. The first kappa shape index (κ1) is 38.9. The van der Waals surface area contributed by atoms with Crippen molar-refractivity contribution in [2.24, 2.45) is 73.0 Å². The number of aromatic nitrogens is 3. The molecule has 288 valence electrons. The summed E-state index contributed by atoms with van der Waals surface area (Å²) in [6.07, 6.45) is 8.11. The summed E-state index contributed by atoms with van der Waals surface area (Å²) >= 11 is 0. The van der Waals surface area contributed by atoms with Gasteiger partial charge in [-0.1, -0.05) is 80.9 Å². The van der Waals surface area contributed by atoms with Gasteiger partial charge in [-0.3, -0.25) is 4.79 Å². The van der Waals surface area contributed by atoms with Crippen molar-refractivity contribution < 1.29 is 27.8 Å². The van der Waals surface area contributed by atoms with Crippen LogP contribution in [0.3, 0.4) is 0 Å². The van der Waals surface area contributed by atoms with E-state index in [0.29, 0.717) is 32.0 Å². The van der Waals surface area contributed by atoms with Crippen LogP contribution in [0.25, 0.3) is 0 Å². The van der Waals surface area contributed by atoms with Crippen molar-refractivity contribution in [1.82, 2.24) is 14.8 Å². The number of carbonyl (C=O) groups is 1. The van der Waals surface area contributed by atoms with E-state index in [9.17, 15) is 18.3 Å². The van der Waals surface area contributed by atoms with Gasteiger partial charge in [-0.25, -0.2) is 23.2 Å². The van der Waals surface area contributed by atoms with E-state index in [1.807, 2.05) is 6.92 Å². The minimum atomic E-state index is -4.19. The molecule has 2 bridgehead atoms. The molecule has 11 nitrogen and oxygen atoms in total. The highest BCUT2D eigenvalue weighted by Crippen LogP contribution is 2.75. The normalized spacial score (nSPS) is 42.9. The Morgan fingerprint density at radius 1 is 1.10 bits per heavy atom. The minimum absolute atomic E-state index is 0.166. The van der Waals surface area contributed by atoms with Gasteiger partial charge < -0.3 is 20.3 Å². The monoisotopic (exact) mass is 731 g/mol. The number of sulfonamides is 1. The molecule has 4 fully saturated rings. The lowest BCUT2D eigenvalue weighted by molar-refractivity contribution is -0.254. The average molecular weight is 732 g/mol. The van der Waals surface area contributed by atoms with E-state index in [1.54, 1.807) is 0 Å². The van der Waals surface area contributed by atoms with Crippen LogP contribution >= 0.6 is 0 Å². The van der Waals surface area contributed by atoms with Gasteiger partial charge >= 0.3 is 5.97 Å². The maximum absolute atomic E-state index is 13.5. The van der Waals surface area contributed by atoms with Gasteiger partial charge in [-0.15, -0.1) is 0 Å². The lowest BCUT2D eigenvalue weighted by Gasteiger charge is -2.71. The van der Waals surface area contributed by atoms with E-state index in [1.165, 1.54) is 16.6 Å². The van der Waals surface area contributed by atoms with Crippen LogP contribution in [0.15, 0.2) is 23.1 Å². The second kappa shape index (κ2) is 12.1. The van der Waals surface area contributed by atoms with E-state index in [4.69, 9.17) is 20.3 Å². The first-order chi connectivity index (χ1) is 23.3. The van der Waals surface area contributed by atoms with Crippen molar-refractivity contribution in [2.75, 3.05) is 19.8 Å². The fourth-order valence-electron chi connectivity index (χ4n) is 12.3. The third-order valence-electron chi connectivity index (χ3n) is 16.5. The Bertz CT molecular complexity index is 1680. The number of carboxylic acid groups (broad SMARTS) is 1. The summed E-state index contributed by atoms with van der Waals surface area (Å²) in [5.74, 6) is -0.177. The molecule has 1 aromatic rings. The van der Waals surface area contributed by atoms with Crippen molar-refractivity contribution in [3.8, 4) is 0 Å².